The van der Waals surface area contributed by atoms with E-state index >= 15 is 0 Å². The van der Waals surface area contributed by atoms with Crippen molar-refractivity contribution in [2.75, 3.05) is 26.4 Å². The van der Waals surface area contributed by atoms with Crippen LogP contribution in [-0.4, -0.2) is 38.4 Å². The van der Waals surface area contributed by atoms with Gasteiger partial charge in [-0.15, -0.1) is 0 Å². The van der Waals surface area contributed by atoms with Gasteiger partial charge in [-0.2, -0.15) is 0 Å². The van der Waals surface area contributed by atoms with E-state index < -0.39 is 11.9 Å². The van der Waals surface area contributed by atoms with E-state index in [2.05, 4.69) is 4.74 Å². The molecule has 0 amide bonds. The highest BCUT2D eigenvalue weighted by Crippen LogP contribution is 1.93. The minimum atomic E-state index is -0.551. The quantitative estimate of drug-likeness (QED) is 0.344. The molecule has 0 atom stereocenters. The average molecular weight is 218 g/mol. The molecule has 88 valence electrons. The van der Waals surface area contributed by atoms with Crippen molar-refractivity contribution in [2.45, 2.75) is 26.7 Å². The lowest BCUT2D eigenvalue weighted by Crippen LogP contribution is -2.15. The molecule has 0 rings (SSSR count). The molecule has 0 N–H and O–H groups in total. The standard InChI is InChI=1S/C10H18O5/c1-3-13-7-5-9(11)15-10(12)6-8-14-4-2/h3-8H2,1-2H3. The number of rotatable bonds is 8. The Labute approximate surface area is 89.7 Å². The van der Waals surface area contributed by atoms with Crippen LogP contribution < -0.4 is 0 Å². The Morgan fingerprint density at radius 2 is 1.27 bits per heavy atom. The third-order valence-corrected chi connectivity index (χ3v) is 1.54. The lowest BCUT2D eigenvalue weighted by atomic mass is 10.4. The smallest absolute Gasteiger partial charge is 0.315 e. The Morgan fingerprint density at radius 1 is 0.867 bits per heavy atom. The highest BCUT2D eigenvalue weighted by atomic mass is 16.6. The highest BCUT2D eigenvalue weighted by Gasteiger charge is 2.09. The van der Waals surface area contributed by atoms with Crippen molar-refractivity contribution in [3.63, 3.8) is 0 Å². The third kappa shape index (κ3) is 9.37. The van der Waals surface area contributed by atoms with Crippen molar-refractivity contribution in [3.05, 3.63) is 0 Å². The highest BCUT2D eigenvalue weighted by molar-refractivity contribution is 5.85. The van der Waals surface area contributed by atoms with Crippen LogP contribution in [0.4, 0.5) is 0 Å². The molecule has 0 aromatic rings. The SMILES string of the molecule is CCOCCC(=O)OC(=O)CCOCC. The fourth-order valence-corrected chi connectivity index (χ4v) is 0.829. The molecule has 0 spiro atoms. The van der Waals surface area contributed by atoms with E-state index in [1.165, 1.54) is 0 Å². The minimum absolute atomic E-state index is 0.105. The first-order chi connectivity index (χ1) is 7.20. The predicted molar refractivity (Wildman–Crippen MR) is 53.3 cm³/mol. The molecule has 0 aliphatic rings. The number of carbonyl (C=O) groups excluding carboxylic acids is 2. The number of hydrogen-bond donors (Lipinski definition) is 0. The van der Waals surface area contributed by atoms with Crippen LogP contribution in [-0.2, 0) is 23.8 Å². The van der Waals surface area contributed by atoms with Crippen LogP contribution in [0.1, 0.15) is 26.7 Å². The van der Waals surface area contributed by atoms with E-state index in [1.54, 1.807) is 0 Å². The Morgan fingerprint density at radius 3 is 1.60 bits per heavy atom. The molecule has 5 nitrogen and oxygen atoms in total. The normalized spacial score (nSPS) is 10.0. The fraction of sp³-hybridized carbons (Fsp3) is 0.800. The monoisotopic (exact) mass is 218 g/mol. The second-order valence-corrected chi connectivity index (χ2v) is 2.74. The molecular formula is C10H18O5. The molecule has 0 aromatic carbocycles. The number of hydrogen-bond acceptors (Lipinski definition) is 5. The largest absolute Gasteiger partial charge is 0.393 e. The summed E-state index contributed by atoms with van der Waals surface area (Å²) in [6.45, 7) is 5.33. The summed E-state index contributed by atoms with van der Waals surface area (Å²) in [6, 6.07) is 0. The minimum Gasteiger partial charge on any atom is -0.393 e. The van der Waals surface area contributed by atoms with Gasteiger partial charge in [-0.1, -0.05) is 0 Å². The zero-order chi connectivity index (χ0) is 11.5. The van der Waals surface area contributed by atoms with Gasteiger partial charge in [0.15, 0.2) is 0 Å². The summed E-state index contributed by atoms with van der Waals surface area (Å²) in [7, 11) is 0. The second kappa shape index (κ2) is 9.61. The number of ether oxygens (including phenoxy) is 3. The van der Waals surface area contributed by atoms with Gasteiger partial charge >= 0.3 is 11.9 Å². The molecule has 0 fully saturated rings. The molecule has 0 aliphatic heterocycles. The maximum absolute atomic E-state index is 11.0. The van der Waals surface area contributed by atoms with Gasteiger partial charge < -0.3 is 14.2 Å². The van der Waals surface area contributed by atoms with Crippen LogP contribution in [0.25, 0.3) is 0 Å². The molecule has 0 unspecified atom stereocenters. The van der Waals surface area contributed by atoms with E-state index in [0.717, 1.165) is 0 Å². The van der Waals surface area contributed by atoms with E-state index in [9.17, 15) is 9.59 Å². The van der Waals surface area contributed by atoms with Crippen LogP contribution in [0, 0.1) is 0 Å². The molecule has 0 aliphatic carbocycles. The molecule has 0 saturated heterocycles. The van der Waals surface area contributed by atoms with E-state index in [-0.39, 0.29) is 26.1 Å². The molecule has 0 heterocycles. The maximum atomic E-state index is 11.0. The van der Waals surface area contributed by atoms with Crippen molar-refractivity contribution < 1.29 is 23.8 Å². The van der Waals surface area contributed by atoms with Crippen LogP contribution in [0.5, 0.6) is 0 Å². The van der Waals surface area contributed by atoms with Gasteiger partial charge in [0.05, 0.1) is 26.1 Å². The lowest BCUT2D eigenvalue weighted by Gasteiger charge is -2.03. The Bertz CT molecular complexity index is 170. The summed E-state index contributed by atoms with van der Waals surface area (Å²) < 4.78 is 14.4. The predicted octanol–water partition coefficient (Wildman–Crippen LogP) is 0.909. The summed E-state index contributed by atoms with van der Waals surface area (Å²) in [5, 5.41) is 0. The van der Waals surface area contributed by atoms with Gasteiger partial charge in [-0.25, -0.2) is 0 Å². The molecule has 0 aromatic heterocycles. The topological polar surface area (TPSA) is 61.8 Å². The van der Waals surface area contributed by atoms with Crippen LogP contribution in [0.15, 0.2) is 0 Å². The molecule has 0 saturated carbocycles. The summed E-state index contributed by atoms with van der Waals surface area (Å²) in [5.41, 5.74) is 0. The molecular weight excluding hydrogens is 200 g/mol. The van der Waals surface area contributed by atoms with Crippen LogP contribution in [0.3, 0.4) is 0 Å². The number of carbonyl (C=O) groups is 2. The molecule has 15 heavy (non-hydrogen) atoms. The van der Waals surface area contributed by atoms with Crippen molar-refractivity contribution in [3.8, 4) is 0 Å². The van der Waals surface area contributed by atoms with Crippen molar-refractivity contribution >= 4 is 11.9 Å². The Balaban J connectivity index is 3.45. The lowest BCUT2D eigenvalue weighted by molar-refractivity contribution is -0.160. The Hall–Kier alpha value is -0.940. The summed E-state index contributed by atoms with van der Waals surface area (Å²) in [6.07, 6.45) is 0.211. The molecule has 0 radical (unpaired) electrons. The summed E-state index contributed by atoms with van der Waals surface area (Å²) >= 11 is 0. The van der Waals surface area contributed by atoms with Gasteiger partial charge in [-0.05, 0) is 13.8 Å². The van der Waals surface area contributed by atoms with Crippen molar-refractivity contribution in [1.29, 1.82) is 0 Å². The van der Waals surface area contributed by atoms with Crippen molar-refractivity contribution in [1.82, 2.24) is 0 Å². The maximum Gasteiger partial charge on any atom is 0.315 e. The first kappa shape index (κ1) is 14.1. The summed E-state index contributed by atoms with van der Waals surface area (Å²) in [4.78, 5) is 22.0. The Kier molecular flexibility index (Phi) is 9.01. The van der Waals surface area contributed by atoms with Gasteiger partial charge in [0.1, 0.15) is 0 Å². The zero-order valence-electron chi connectivity index (χ0n) is 9.28. The number of esters is 2. The molecule has 0 bridgehead atoms. The van der Waals surface area contributed by atoms with Gasteiger partial charge in [-0.3, -0.25) is 9.59 Å². The molecule has 5 heteroatoms. The van der Waals surface area contributed by atoms with Crippen molar-refractivity contribution in [2.24, 2.45) is 0 Å². The summed E-state index contributed by atoms with van der Waals surface area (Å²) in [5.74, 6) is -1.10. The first-order valence-electron chi connectivity index (χ1n) is 5.09. The van der Waals surface area contributed by atoms with Crippen LogP contribution >= 0.6 is 0 Å². The van der Waals surface area contributed by atoms with Gasteiger partial charge in [0.2, 0.25) is 0 Å². The second-order valence-electron chi connectivity index (χ2n) is 2.74. The average Bonchev–Trinajstić information content (AvgIpc) is 2.18. The van der Waals surface area contributed by atoms with Gasteiger partial charge in [0.25, 0.3) is 0 Å². The fourth-order valence-electron chi connectivity index (χ4n) is 0.829. The van der Waals surface area contributed by atoms with E-state index in [1.807, 2.05) is 13.8 Å². The zero-order valence-corrected chi connectivity index (χ0v) is 9.28. The van der Waals surface area contributed by atoms with E-state index in [4.69, 9.17) is 9.47 Å². The third-order valence-electron chi connectivity index (χ3n) is 1.54. The van der Waals surface area contributed by atoms with Gasteiger partial charge in [0, 0.05) is 13.2 Å². The first-order valence-corrected chi connectivity index (χ1v) is 5.09. The van der Waals surface area contributed by atoms with Crippen LogP contribution in [0.2, 0.25) is 0 Å². The van der Waals surface area contributed by atoms with E-state index in [0.29, 0.717) is 13.2 Å².